The lowest BCUT2D eigenvalue weighted by atomic mass is 10.1. The summed E-state index contributed by atoms with van der Waals surface area (Å²) in [5, 5.41) is 2.89. The van der Waals surface area contributed by atoms with Gasteiger partial charge in [0.25, 0.3) is 0 Å². The standard InChI is InChI=1S/C26H37N3O4S/c1-7-24(26(31)27-19(2)3)28(14-13-22-11-9-8-10-12-22)25(30)18-29(34(6,32)33)23-16-20(4)15-21(5)17-23/h8-12,15-17,19,24H,7,13-14,18H2,1-6H3,(H,27,31)/t24-/m0/s1. The Morgan fingerprint density at radius 3 is 2.09 bits per heavy atom. The smallest absolute Gasteiger partial charge is 0.244 e. The molecule has 2 rings (SSSR count). The van der Waals surface area contributed by atoms with Gasteiger partial charge < -0.3 is 10.2 Å². The number of aryl methyl sites for hydroxylation is 2. The lowest BCUT2D eigenvalue weighted by Crippen LogP contribution is -2.54. The van der Waals surface area contributed by atoms with Crippen LogP contribution in [-0.2, 0) is 26.0 Å². The fourth-order valence-electron chi connectivity index (χ4n) is 3.98. The molecule has 0 saturated heterocycles. The second-order valence-corrected chi connectivity index (χ2v) is 10.9. The van der Waals surface area contributed by atoms with Crippen molar-refractivity contribution in [2.75, 3.05) is 23.7 Å². The van der Waals surface area contributed by atoms with E-state index in [0.717, 1.165) is 27.3 Å². The molecule has 0 aliphatic heterocycles. The molecular formula is C26H37N3O4S. The third kappa shape index (κ3) is 7.87. The highest BCUT2D eigenvalue weighted by molar-refractivity contribution is 7.92. The Hall–Kier alpha value is -2.87. The zero-order chi connectivity index (χ0) is 25.5. The number of amides is 2. The minimum atomic E-state index is -3.73. The van der Waals surface area contributed by atoms with Crippen LogP contribution >= 0.6 is 0 Å². The predicted octanol–water partition coefficient (Wildman–Crippen LogP) is 3.44. The number of rotatable bonds is 11. The summed E-state index contributed by atoms with van der Waals surface area (Å²) >= 11 is 0. The SMILES string of the molecule is CC[C@@H](C(=O)NC(C)C)N(CCc1ccccc1)C(=O)CN(c1cc(C)cc(C)c1)S(C)(=O)=O. The molecule has 0 spiro atoms. The van der Waals surface area contributed by atoms with Crippen molar-refractivity contribution >= 4 is 27.5 Å². The van der Waals surface area contributed by atoms with Crippen LogP contribution in [0.4, 0.5) is 5.69 Å². The Bertz CT molecular complexity index is 1060. The molecule has 2 aromatic rings. The van der Waals surface area contributed by atoms with Gasteiger partial charge in [0.05, 0.1) is 11.9 Å². The van der Waals surface area contributed by atoms with Gasteiger partial charge in [0.2, 0.25) is 21.8 Å². The van der Waals surface area contributed by atoms with Crippen molar-refractivity contribution in [3.8, 4) is 0 Å². The minimum Gasteiger partial charge on any atom is -0.352 e. The molecule has 7 nitrogen and oxygen atoms in total. The van der Waals surface area contributed by atoms with E-state index in [1.165, 1.54) is 4.90 Å². The molecule has 0 bridgehead atoms. The number of carbonyl (C=O) groups excluding carboxylic acids is 2. The van der Waals surface area contributed by atoms with Gasteiger partial charge in [0.1, 0.15) is 12.6 Å². The van der Waals surface area contributed by atoms with Crippen molar-refractivity contribution in [1.29, 1.82) is 0 Å². The summed E-state index contributed by atoms with van der Waals surface area (Å²) in [5.41, 5.74) is 3.28. The lowest BCUT2D eigenvalue weighted by molar-refractivity contribution is -0.139. The first-order valence-corrected chi connectivity index (χ1v) is 13.5. The average Bonchev–Trinajstić information content (AvgIpc) is 2.73. The maximum atomic E-state index is 13.6. The molecule has 0 unspecified atom stereocenters. The first-order valence-electron chi connectivity index (χ1n) is 11.6. The molecule has 0 saturated carbocycles. The Labute approximate surface area is 204 Å². The summed E-state index contributed by atoms with van der Waals surface area (Å²) < 4.78 is 26.5. The van der Waals surface area contributed by atoms with Gasteiger partial charge in [-0.3, -0.25) is 13.9 Å². The highest BCUT2D eigenvalue weighted by Crippen LogP contribution is 2.22. The first kappa shape index (κ1) is 27.4. The van der Waals surface area contributed by atoms with E-state index in [2.05, 4.69) is 5.32 Å². The number of carbonyl (C=O) groups is 2. The number of sulfonamides is 1. The second kappa shape index (κ2) is 12.0. The largest absolute Gasteiger partial charge is 0.352 e. The van der Waals surface area contributed by atoms with E-state index in [9.17, 15) is 18.0 Å². The lowest BCUT2D eigenvalue weighted by Gasteiger charge is -2.33. The van der Waals surface area contributed by atoms with Gasteiger partial charge in [0.15, 0.2) is 0 Å². The molecule has 0 heterocycles. The van der Waals surface area contributed by atoms with E-state index in [-0.39, 0.29) is 18.5 Å². The fraction of sp³-hybridized carbons (Fsp3) is 0.462. The molecule has 2 aromatic carbocycles. The highest BCUT2D eigenvalue weighted by atomic mass is 32.2. The normalized spacial score (nSPS) is 12.3. The van der Waals surface area contributed by atoms with Crippen LogP contribution in [0, 0.1) is 13.8 Å². The first-order chi connectivity index (χ1) is 15.9. The molecular weight excluding hydrogens is 450 g/mol. The van der Waals surface area contributed by atoms with E-state index in [1.807, 2.05) is 71.0 Å². The van der Waals surface area contributed by atoms with Crippen LogP contribution < -0.4 is 9.62 Å². The summed E-state index contributed by atoms with van der Waals surface area (Å²) in [6.07, 6.45) is 2.07. The molecule has 0 radical (unpaired) electrons. The summed E-state index contributed by atoms with van der Waals surface area (Å²) in [6, 6.07) is 14.4. The van der Waals surface area contributed by atoms with Crippen LogP contribution in [0.2, 0.25) is 0 Å². The maximum Gasteiger partial charge on any atom is 0.244 e. The van der Waals surface area contributed by atoms with Crippen molar-refractivity contribution < 1.29 is 18.0 Å². The van der Waals surface area contributed by atoms with Gasteiger partial charge in [-0.25, -0.2) is 8.42 Å². The van der Waals surface area contributed by atoms with Gasteiger partial charge in [-0.1, -0.05) is 43.3 Å². The van der Waals surface area contributed by atoms with Crippen LogP contribution in [0.3, 0.4) is 0 Å². The zero-order valence-corrected chi connectivity index (χ0v) is 21.9. The van der Waals surface area contributed by atoms with Crippen molar-refractivity contribution in [3.63, 3.8) is 0 Å². The number of benzene rings is 2. The quantitative estimate of drug-likeness (QED) is 0.526. The Morgan fingerprint density at radius 2 is 1.59 bits per heavy atom. The fourth-order valence-corrected chi connectivity index (χ4v) is 4.82. The third-order valence-electron chi connectivity index (χ3n) is 5.47. The second-order valence-electron chi connectivity index (χ2n) is 9.03. The molecule has 1 atom stereocenters. The third-order valence-corrected chi connectivity index (χ3v) is 6.62. The van der Waals surface area contributed by atoms with E-state index in [4.69, 9.17) is 0 Å². The van der Waals surface area contributed by atoms with Crippen molar-refractivity contribution in [1.82, 2.24) is 10.2 Å². The average molecular weight is 488 g/mol. The number of anilines is 1. The molecule has 0 aliphatic carbocycles. The summed E-state index contributed by atoms with van der Waals surface area (Å²) in [5.74, 6) is -0.650. The molecule has 2 amide bonds. The van der Waals surface area contributed by atoms with Crippen LogP contribution in [0.1, 0.15) is 43.9 Å². The van der Waals surface area contributed by atoms with Gasteiger partial charge in [0, 0.05) is 12.6 Å². The van der Waals surface area contributed by atoms with Gasteiger partial charge in [-0.15, -0.1) is 0 Å². The molecule has 1 N–H and O–H groups in total. The Balaban J connectivity index is 2.39. The van der Waals surface area contributed by atoms with Gasteiger partial charge >= 0.3 is 0 Å². The minimum absolute atomic E-state index is 0.0737. The van der Waals surface area contributed by atoms with E-state index in [0.29, 0.717) is 25.1 Å². The maximum absolute atomic E-state index is 13.6. The summed E-state index contributed by atoms with van der Waals surface area (Å²) in [4.78, 5) is 28.1. The predicted molar refractivity (Wildman–Crippen MR) is 137 cm³/mol. The van der Waals surface area contributed by atoms with Crippen molar-refractivity contribution in [2.24, 2.45) is 0 Å². The Kier molecular flexibility index (Phi) is 9.67. The van der Waals surface area contributed by atoms with Gasteiger partial charge in [-0.05, 0) is 69.4 Å². The van der Waals surface area contributed by atoms with Crippen molar-refractivity contribution in [2.45, 2.75) is 59.5 Å². The summed E-state index contributed by atoms with van der Waals surface area (Å²) in [7, 11) is -3.73. The van der Waals surface area contributed by atoms with Crippen LogP contribution in [-0.4, -0.2) is 56.6 Å². The number of nitrogens with one attached hydrogen (secondary N) is 1. The topological polar surface area (TPSA) is 86.8 Å². The molecule has 34 heavy (non-hydrogen) atoms. The number of hydrogen-bond acceptors (Lipinski definition) is 4. The van der Waals surface area contributed by atoms with Crippen molar-refractivity contribution in [3.05, 3.63) is 65.2 Å². The summed E-state index contributed by atoms with van der Waals surface area (Å²) in [6.45, 7) is 9.28. The molecule has 0 fully saturated rings. The van der Waals surface area contributed by atoms with Crippen LogP contribution in [0.15, 0.2) is 48.5 Å². The Morgan fingerprint density at radius 1 is 1.00 bits per heavy atom. The molecule has 0 aliphatic rings. The molecule has 0 aromatic heterocycles. The number of hydrogen-bond donors (Lipinski definition) is 1. The van der Waals surface area contributed by atoms with Gasteiger partial charge in [-0.2, -0.15) is 0 Å². The van der Waals surface area contributed by atoms with Crippen LogP contribution in [0.5, 0.6) is 0 Å². The monoisotopic (exact) mass is 487 g/mol. The number of nitrogens with zero attached hydrogens (tertiary/aromatic N) is 2. The molecule has 186 valence electrons. The van der Waals surface area contributed by atoms with E-state index < -0.39 is 22.0 Å². The van der Waals surface area contributed by atoms with E-state index >= 15 is 0 Å². The highest BCUT2D eigenvalue weighted by Gasteiger charge is 2.31. The van der Waals surface area contributed by atoms with E-state index in [1.54, 1.807) is 12.1 Å². The van der Waals surface area contributed by atoms with Crippen LogP contribution in [0.25, 0.3) is 0 Å². The zero-order valence-electron chi connectivity index (χ0n) is 21.0. The molecule has 8 heteroatoms.